The van der Waals surface area contributed by atoms with Crippen molar-refractivity contribution in [3.05, 3.63) is 29.8 Å². The maximum atomic E-state index is 10.2. The highest BCUT2D eigenvalue weighted by molar-refractivity contribution is 5.68. The minimum absolute atomic E-state index is 0.281. The van der Waals surface area contributed by atoms with Crippen LogP contribution >= 0.6 is 0 Å². The van der Waals surface area contributed by atoms with Crippen LogP contribution in [0.2, 0.25) is 0 Å². The maximum Gasteiger partial charge on any atom is 0.341 e. The number of aryl methyl sites for hydroxylation is 1. The molecule has 0 aromatic heterocycles. The molecule has 0 aliphatic rings. The van der Waals surface area contributed by atoms with Crippen molar-refractivity contribution >= 4 is 5.97 Å². The molecule has 0 fully saturated rings. The van der Waals surface area contributed by atoms with E-state index in [0.29, 0.717) is 5.75 Å². The predicted molar refractivity (Wildman–Crippen MR) is 49.0 cm³/mol. The number of aliphatic carboxylic acids is 1. The smallest absolute Gasteiger partial charge is 0.341 e. The highest BCUT2D eigenvalue weighted by Gasteiger charge is 2.02. The van der Waals surface area contributed by atoms with Gasteiger partial charge in [-0.15, -0.1) is 0 Å². The molecule has 0 spiro atoms. The van der Waals surface area contributed by atoms with Gasteiger partial charge in [-0.3, -0.25) is 0 Å². The average Bonchev–Trinajstić information content (AvgIpc) is 2.15. The lowest BCUT2D eigenvalue weighted by atomic mass is 10.1. The van der Waals surface area contributed by atoms with Crippen molar-refractivity contribution in [3.63, 3.8) is 0 Å². The van der Waals surface area contributed by atoms with Gasteiger partial charge in [0.05, 0.1) is 0 Å². The zero-order valence-electron chi connectivity index (χ0n) is 7.49. The monoisotopic (exact) mass is 180 g/mol. The number of para-hydroxylation sites is 1. The first kappa shape index (κ1) is 9.58. The van der Waals surface area contributed by atoms with Crippen molar-refractivity contribution in [1.29, 1.82) is 0 Å². The lowest BCUT2D eigenvalue weighted by molar-refractivity contribution is -0.139. The molecule has 1 rings (SSSR count). The fourth-order valence-corrected chi connectivity index (χ4v) is 1.08. The van der Waals surface area contributed by atoms with Gasteiger partial charge in [-0.2, -0.15) is 0 Å². The topological polar surface area (TPSA) is 46.5 Å². The molecule has 0 saturated heterocycles. The third-order valence-electron chi connectivity index (χ3n) is 1.70. The van der Waals surface area contributed by atoms with E-state index in [-0.39, 0.29) is 6.61 Å². The number of carbonyl (C=O) groups is 1. The first-order chi connectivity index (χ1) is 6.24. The summed E-state index contributed by atoms with van der Waals surface area (Å²) >= 11 is 0. The van der Waals surface area contributed by atoms with Gasteiger partial charge in [0.25, 0.3) is 0 Å². The summed E-state index contributed by atoms with van der Waals surface area (Å²) in [4.78, 5) is 10.2. The summed E-state index contributed by atoms with van der Waals surface area (Å²) in [6.07, 6.45) is 0.843. The Morgan fingerprint density at radius 1 is 1.46 bits per heavy atom. The summed E-state index contributed by atoms with van der Waals surface area (Å²) in [5, 5.41) is 8.41. The molecule has 1 aromatic carbocycles. The molecule has 0 unspecified atom stereocenters. The third kappa shape index (κ3) is 2.78. The number of hydrogen-bond acceptors (Lipinski definition) is 2. The van der Waals surface area contributed by atoms with Crippen molar-refractivity contribution in [1.82, 2.24) is 0 Å². The van der Waals surface area contributed by atoms with Crippen LogP contribution in [-0.2, 0) is 11.2 Å². The third-order valence-corrected chi connectivity index (χ3v) is 1.70. The van der Waals surface area contributed by atoms with Crippen LogP contribution in [0.25, 0.3) is 0 Å². The normalized spacial score (nSPS) is 9.62. The molecule has 3 heteroatoms. The van der Waals surface area contributed by atoms with E-state index >= 15 is 0 Å². The van der Waals surface area contributed by atoms with Gasteiger partial charge in [-0.1, -0.05) is 25.1 Å². The van der Waals surface area contributed by atoms with Crippen molar-refractivity contribution in [3.8, 4) is 5.75 Å². The number of ether oxygens (including phenoxy) is 1. The molecule has 0 aliphatic heterocycles. The van der Waals surface area contributed by atoms with Crippen LogP contribution < -0.4 is 4.74 Å². The van der Waals surface area contributed by atoms with Crippen LogP contribution in [0, 0.1) is 0 Å². The lowest BCUT2D eigenvalue weighted by Crippen LogP contribution is -2.10. The second-order valence-corrected chi connectivity index (χ2v) is 2.64. The Bertz CT molecular complexity index is 294. The van der Waals surface area contributed by atoms with Gasteiger partial charge in [0, 0.05) is 0 Å². The molecule has 0 bridgehead atoms. The van der Waals surface area contributed by atoms with Gasteiger partial charge in [0.2, 0.25) is 0 Å². The van der Waals surface area contributed by atoms with Crippen LogP contribution in [0.5, 0.6) is 5.75 Å². The SMILES string of the molecule is CCc1ccccc1OCC(=O)O. The fraction of sp³-hybridized carbons (Fsp3) is 0.300. The first-order valence-electron chi connectivity index (χ1n) is 4.16. The largest absolute Gasteiger partial charge is 0.482 e. The molecule has 0 radical (unpaired) electrons. The molecule has 3 nitrogen and oxygen atoms in total. The van der Waals surface area contributed by atoms with Crippen LogP contribution in [-0.4, -0.2) is 17.7 Å². The van der Waals surface area contributed by atoms with E-state index in [1.54, 1.807) is 6.07 Å². The van der Waals surface area contributed by atoms with Gasteiger partial charge in [0.1, 0.15) is 5.75 Å². The van der Waals surface area contributed by atoms with Crippen LogP contribution in [0.4, 0.5) is 0 Å². The van der Waals surface area contributed by atoms with Gasteiger partial charge in [0.15, 0.2) is 6.61 Å². The van der Waals surface area contributed by atoms with Crippen LogP contribution in [0.1, 0.15) is 12.5 Å². The maximum absolute atomic E-state index is 10.2. The number of carboxylic acid groups (broad SMARTS) is 1. The van der Waals surface area contributed by atoms with E-state index in [0.717, 1.165) is 12.0 Å². The van der Waals surface area contributed by atoms with Gasteiger partial charge in [-0.05, 0) is 18.1 Å². The predicted octanol–water partition coefficient (Wildman–Crippen LogP) is 1.71. The zero-order valence-corrected chi connectivity index (χ0v) is 7.49. The Labute approximate surface area is 77.0 Å². The van der Waals surface area contributed by atoms with E-state index in [9.17, 15) is 4.79 Å². The molecule has 0 atom stereocenters. The highest BCUT2D eigenvalue weighted by Crippen LogP contribution is 2.17. The highest BCUT2D eigenvalue weighted by atomic mass is 16.5. The van der Waals surface area contributed by atoms with E-state index in [4.69, 9.17) is 9.84 Å². The molecule has 70 valence electrons. The standard InChI is InChI=1S/C10H12O3/c1-2-8-5-3-4-6-9(8)13-7-10(11)12/h3-6H,2,7H2,1H3,(H,11,12). The summed E-state index contributed by atoms with van der Waals surface area (Å²) in [6, 6.07) is 7.45. The summed E-state index contributed by atoms with van der Waals surface area (Å²) in [6.45, 7) is 1.72. The molecular formula is C10H12O3. The molecule has 1 N–H and O–H groups in total. The van der Waals surface area contributed by atoms with E-state index in [1.807, 2.05) is 25.1 Å². The minimum Gasteiger partial charge on any atom is -0.482 e. The second kappa shape index (κ2) is 4.50. The van der Waals surface area contributed by atoms with Crippen molar-refractivity contribution in [2.75, 3.05) is 6.61 Å². The van der Waals surface area contributed by atoms with Crippen LogP contribution in [0.3, 0.4) is 0 Å². The van der Waals surface area contributed by atoms with E-state index < -0.39 is 5.97 Å². The lowest BCUT2D eigenvalue weighted by Gasteiger charge is -2.07. The van der Waals surface area contributed by atoms with Gasteiger partial charge < -0.3 is 9.84 Å². The number of rotatable bonds is 4. The van der Waals surface area contributed by atoms with E-state index in [2.05, 4.69) is 0 Å². The number of benzene rings is 1. The zero-order chi connectivity index (χ0) is 9.68. The molecule has 0 heterocycles. The fourth-order valence-electron chi connectivity index (χ4n) is 1.08. The molecular weight excluding hydrogens is 168 g/mol. The summed E-state index contributed by atoms with van der Waals surface area (Å²) in [5.41, 5.74) is 1.03. The van der Waals surface area contributed by atoms with E-state index in [1.165, 1.54) is 0 Å². The Morgan fingerprint density at radius 3 is 2.77 bits per heavy atom. The number of hydrogen-bond donors (Lipinski definition) is 1. The Kier molecular flexibility index (Phi) is 3.31. The van der Waals surface area contributed by atoms with Gasteiger partial charge in [-0.25, -0.2) is 4.79 Å². The summed E-state index contributed by atoms with van der Waals surface area (Å²) in [7, 11) is 0. The van der Waals surface area contributed by atoms with Crippen molar-refractivity contribution < 1.29 is 14.6 Å². The summed E-state index contributed by atoms with van der Waals surface area (Å²) in [5.74, 6) is -0.293. The molecule has 0 amide bonds. The molecule has 1 aromatic rings. The molecule has 0 aliphatic carbocycles. The number of carboxylic acids is 1. The minimum atomic E-state index is -0.953. The summed E-state index contributed by atoms with van der Waals surface area (Å²) < 4.78 is 5.09. The second-order valence-electron chi connectivity index (χ2n) is 2.64. The Hall–Kier alpha value is -1.51. The van der Waals surface area contributed by atoms with Gasteiger partial charge >= 0.3 is 5.97 Å². The first-order valence-corrected chi connectivity index (χ1v) is 4.16. The molecule has 0 saturated carbocycles. The van der Waals surface area contributed by atoms with Crippen molar-refractivity contribution in [2.45, 2.75) is 13.3 Å². The van der Waals surface area contributed by atoms with Crippen LogP contribution in [0.15, 0.2) is 24.3 Å². The Morgan fingerprint density at radius 2 is 2.15 bits per heavy atom. The average molecular weight is 180 g/mol. The van der Waals surface area contributed by atoms with Crippen molar-refractivity contribution in [2.24, 2.45) is 0 Å². The quantitative estimate of drug-likeness (QED) is 0.767. The Balaban J connectivity index is 2.69. The molecule has 13 heavy (non-hydrogen) atoms.